The summed E-state index contributed by atoms with van der Waals surface area (Å²) < 4.78 is 4.54. The smallest absolute Gasteiger partial charge is 0.338 e. The molecule has 88 valence electrons. The van der Waals surface area contributed by atoms with Crippen molar-refractivity contribution in [1.29, 1.82) is 0 Å². The van der Waals surface area contributed by atoms with Crippen LogP contribution in [0.2, 0.25) is 0 Å². The number of hydrogen-bond donors (Lipinski definition) is 1. The number of carboxylic acids is 1. The summed E-state index contributed by atoms with van der Waals surface area (Å²) in [6, 6.07) is 3.90. The van der Waals surface area contributed by atoms with Crippen molar-refractivity contribution >= 4 is 11.9 Å². The zero-order valence-corrected chi connectivity index (χ0v) is 8.95. The topological polar surface area (TPSA) is 112 Å². The molecule has 0 aliphatic rings. The Bertz CT molecular complexity index is 506. The maximum atomic E-state index is 11.4. The van der Waals surface area contributed by atoms with Gasteiger partial charge in [-0.05, 0) is 29.3 Å². The van der Waals surface area contributed by atoms with Crippen LogP contribution in [-0.2, 0) is 11.3 Å². The van der Waals surface area contributed by atoms with Crippen molar-refractivity contribution in [3.8, 4) is 0 Å². The number of nitrogens with zero attached hydrogens (tertiary/aromatic N) is 3. The minimum Gasteiger partial charge on any atom is -0.478 e. The number of carbonyl (C=O) groups is 2. The maximum absolute atomic E-state index is 11.4. The van der Waals surface area contributed by atoms with Crippen LogP contribution >= 0.6 is 0 Å². The first-order valence-electron chi connectivity index (χ1n) is 4.55. The summed E-state index contributed by atoms with van der Waals surface area (Å²) in [7, 11) is 1.21. The van der Waals surface area contributed by atoms with E-state index in [1.54, 1.807) is 0 Å². The van der Waals surface area contributed by atoms with Gasteiger partial charge in [-0.15, -0.1) is 0 Å². The predicted molar refractivity (Wildman–Crippen MR) is 57.6 cm³/mol. The Hall–Kier alpha value is -2.53. The van der Waals surface area contributed by atoms with Crippen LogP contribution in [0.25, 0.3) is 10.4 Å². The van der Waals surface area contributed by atoms with Crippen LogP contribution in [0, 0.1) is 0 Å². The Morgan fingerprint density at radius 1 is 1.53 bits per heavy atom. The number of azide groups is 1. The summed E-state index contributed by atoms with van der Waals surface area (Å²) >= 11 is 0. The van der Waals surface area contributed by atoms with E-state index < -0.39 is 11.9 Å². The third-order valence-corrected chi connectivity index (χ3v) is 2.06. The highest BCUT2D eigenvalue weighted by Crippen LogP contribution is 2.15. The molecular weight excluding hydrogens is 226 g/mol. The zero-order chi connectivity index (χ0) is 12.8. The summed E-state index contributed by atoms with van der Waals surface area (Å²) in [6.45, 7) is -0.109. The predicted octanol–water partition coefficient (Wildman–Crippen LogP) is 1.98. The summed E-state index contributed by atoms with van der Waals surface area (Å²) in [5.41, 5.74) is 8.73. The Morgan fingerprint density at radius 3 is 2.76 bits per heavy atom. The van der Waals surface area contributed by atoms with Crippen LogP contribution in [0.3, 0.4) is 0 Å². The molecule has 0 bridgehead atoms. The molecule has 0 atom stereocenters. The van der Waals surface area contributed by atoms with Crippen molar-refractivity contribution in [3.05, 3.63) is 45.3 Å². The lowest BCUT2D eigenvalue weighted by Gasteiger charge is -2.06. The quantitative estimate of drug-likeness (QED) is 0.372. The molecule has 0 unspecified atom stereocenters. The molecule has 7 heteroatoms. The zero-order valence-electron chi connectivity index (χ0n) is 8.95. The molecule has 0 aromatic heterocycles. The van der Waals surface area contributed by atoms with Gasteiger partial charge in [0.25, 0.3) is 0 Å². The Balaban J connectivity index is 3.25. The fourth-order valence-electron chi connectivity index (χ4n) is 1.27. The number of hydrogen-bond acceptors (Lipinski definition) is 4. The van der Waals surface area contributed by atoms with Crippen molar-refractivity contribution in [2.75, 3.05) is 7.11 Å². The summed E-state index contributed by atoms with van der Waals surface area (Å²) in [4.78, 5) is 24.7. The van der Waals surface area contributed by atoms with Crippen LogP contribution in [0.1, 0.15) is 26.3 Å². The number of carboxylic acid groups (broad SMARTS) is 1. The van der Waals surface area contributed by atoms with Crippen molar-refractivity contribution < 1.29 is 19.4 Å². The number of rotatable bonds is 4. The number of esters is 1. The molecule has 0 aliphatic heterocycles. The lowest BCUT2D eigenvalue weighted by atomic mass is 10.0. The molecule has 0 spiro atoms. The van der Waals surface area contributed by atoms with E-state index in [0.29, 0.717) is 5.56 Å². The second kappa shape index (κ2) is 5.53. The number of aromatic carboxylic acids is 1. The number of carbonyl (C=O) groups excluding carboxylic acids is 1. The minimum atomic E-state index is -1.12. The fourth-order valence-corrected chi connectivity index (χ4v) is 1.27. The number of ether oxygens (including phenoxy) is 1. The van der Waals surface area contributed by atoms with E-state index in [0.717, 1.165) is 0 Å². The standard InChI is InChI=1S/C10H9N3O4/c1-17-10(16)8-3-2-6(9(14)15)4-7(8)5-12-13-11/h2-4H,5H2,1H3,(H,14,15). The molecule has 0 aliphatic carbocycles. The molecule has 0 heterocycles. The van der Waals surface area contributed by atoms with Gasteiger partial charge in [0.2, 0.25) is 0 Å². The second-order valence-electron chi connectivity index (χ2n) is 3.06. The van der Waals surface area contributed by atoms with Crippen molar-refractivity contribution in [2.24, 2.45) is 5.11 Å². The fraction of sp³-hybridized carbons (Fsp3) is 0.200. The van der Waals surface area contributed by atoms with E-state index in [4.69, 9.17) is 10.6 Å². The summed E-state index contributed by atoms with van der Waals surface area (Å²) in [5, 5.41) is 12.1. The number of methoxy groups -OCH3 is 1. The third kappa shape index (κ3) is 2.96. The molecule has 0 radical (unpaired) electrons. The van der Waals surface area contributed by atoms with Crippen LogP contribution in [0.5, 0.6) is 0 Å². The molecular formula is C10H9N3O4. The van der Waals surface area contributed by atoms with E-state index in [1.165, 1.54) is 25.3 Å². The van der Waals surface area contributed by atoms with Crippen molar-refractivity contribution in [2.45, 2.75) is 6.54 Å². The van der Waals surface area contributed by atoms with Crippen LogP contribution in [0.15, 0.2) is 23.3 Å². The molecule has 17 heavy (non-hydrogen) atoms. The summed E-state index contributed by atoms with van der Waals surface area (Å²) in [5.74, 6) is -1.73. The molecule has 0 amide bonds. The molecule has 1 aromatic rings. The summed E-state index contributed by atoms with van der Waals surface area (Å²) in [6.07, 6.45) is 0. The van der Waals surface area contributed by atoms with Gasteiger partial charge < -0.3 is 9.84 Å². The average Bonchev–Trinajstić information content (AvgIpc) is 2.34. The van der Waals surface area contributed by atoms with Gasteiger partial charge >= 0.3 is 11.9 Å². The van der Waals surface area contributed by atoms with E-state index >= 15 is 0 Å². The van der Waals surface area contributed by atoms with Crippen molar-refractivity contribution in [1.82, 2.24) is 0 Å². The van der Waals surface area contributed by atoms with Crippen LogP contribution in [0.4, 0.5) is 0 Å². The van der Waals surface area contributed by atoms with E-state index in [2.05, 4.69) is 14.8 Å². The van der Waals surface area contributed by atoms with Gasteiger partial charge in [-0.1, -0.05) is 5.11 Å². The second-order valence-corrected chi connectivity index (χ2v) is 3.06. The largest absolute Gasteiger partial charge is 0.478 e. The highest BCUT2D eigenvalue weighted by Gasteiger charge is 2.13. The molecule has 0 fully saturated rings. The molecule has 7 nitrogen and oxygen atoms in total. The van der Waals surface area contributed by atoms with Gasteiger partial charge in [0.05, 0.1) is 24.8 Å². The molecule has 1 rings (SSSR count). The lowest BCUT2D eigenvalue weighted by Crippen LogP contribution is -2.07. The van der Waals surface area contributed by atoms with Gasteiger partial charge in [0.1, 0.15) is 0 Å². The Kier molecular flexibility index (Phi) is 4.08. The van der Waals surface area contributed by atoms with Gasteiger partial charge in [-0.3, -0.25) is 0 Å². The van der Waals surface area contributed by atoms with Gasteiger partial charge in [-0.2, -0.15) is 0 Å². The van der Waals surface area contributed by atoms with Crippen LogP contribution < -0.4 is 0 Å². The monoisotopic (exact) mass is 235 g/mol. The SMILES string of the molecule is COC(=O)c1ccc(C(=O)O)cc1CN=[N+]=[N-]. The lowest BCUT2D eigenvalue weighted by molar-refractivity contribution is 0.0597. The molecule has 0 saturated carbocycles. The minimum absolute atomic E-state index is 0.0146. The van der Waals surface area contributed by atoms with Gasteiger partial charge in [-0.25, -0.2) is 9.59 Å². The van der Waals surface area contributed by atoms with E-state index in [1.807, 2.05) is 0 Å². The third-order valence-electron chi connectivity index (χ3n) is 2.06. The Labute approximate surface area is 96.3 Å². The first kappa shape index (κ1) is 12.5. The maximum Gasteiger partial charge on any atom is 0.338 e. The van der Waals surface area contributed by atoms with Crippen molar-refractivity contribution in [3.63, 3.8) is 0 Å². The van der Waals surface area contributed by atoms with E-state index in [9.17, 15) is 9.59 Å². The first-order chi connectivity index (χ1) is 8.10. The normalized spacial score (nSPS) is 9.24. The van der Waals surface area contributed by atoms with Gasteiger partial charge in [0, 0.05) is 4.91 Å². The van der Waals surface area contributed by atoms with E-state index in [-0.39, 0.29) is 17.7 Å². The molecule has 1 N–H and O–H groups in total. The Morgan fingerprint density at radius 2 is 2.24 bits per heavy atom. The van der Waals surface area contributed by atoms with Gasteiger partial charge in [0.15, 0.2) is 0 Å². The average molecular weight is 235 g/mol. The molecule has 0 saturated heterocycles. The van der Waals surface area contributed by atoms with Crippen LogP contribution in [-0.4, -0.2) is 24.2 Å². The molecule has 1 aromatic carbocycles. The first-order valence-corrected chi connectivity index (χ1v) is 4.55. The highest BCUT2D eigenvalue weighted by atomic mass is 16.5. The highest BCUT2D eigenvalue weighted by molar-refractivity contribution is 5.94. The number of benzene rings is 1.